The number of nitrogens with one attached hydrogen (secondary N) is 3. The van der Waals surface area contributed by atoms with E-state index in [1.807, 2.05) is 0 Å². The third kappa shape index (κ3) is 5.39. The highest BCUT2D eigenvalue weighted by molar-refractivity contribution is 6.17. The Bertz CT molecular complexity index is 1690. The second kappa shape index (κ2) is 11.4. The molecule has 0 saturated carbocycles. The van der Waals surface area contributed by atoms with E-state index in [0.29, 0.717) is 40.8 Å². The maximum absolute atomic E-state index is 15.5. The Labute approximate surface area is 227 Å². The van der Waals surface area contributed by atoms with Gasteiger partial charge in [-0.05, 0) is 48.8 Å². The first-order valence-electron chi connectivity index (χ1n) is 12.4. The van der Waals surface area contributed by atoms with Gasteiger partial charge in [0.1, 0.15) is 17.3 Å². The zero-order valence-corrected chi connectivity index (χ0v) is 21.4. The van der Waals surface area contributed by atoms with Crippen LogP contribution in [0.5, 0.6) is 0 Å². The summed E-state index contributed by atoms with van der Waals surface area (Å²) in [4.78, 5) is 30.6. The van der Waals surface area contributed by atoms with Crippen molar-refractivity contribution in [1.82, 2.24) is 19.9 Å². The molecule has 0 spiro atoms. The molecule has 202 valence electrons. The molecule has 3 heterocycles. The van der Waals surface area contributed by atoms with Crippen molar-refractivity contribution >= 4 is 40.1 Å². The lowest BCUT2D eigenvalue weighted by Gasteiger charge is -2.14. The zero-order valence-electron chi connectivity index (χ0n) is 21.4. The SMILES string of the molecule is CN(C=C(C=N)c1cnc2[nH]cc(C(=O)c3c(F)ccc(NCC4=CC(F)=CCC4)c3F)c2c1)c1cnccn1. The Kier molecular flexibility index (Phi) is 7.54. The molecule has 3 aromatic heterocycles. The molecule has 0 bridgehead atoms. The normalized spacial score (nSPS) is 13.6. The van der Waals surface area contributed by atoms with Gasteiger partial charge in [0.15, 0.2) is 11.6 Å². The number of aromatic amines is 1. The van der Waals surface area contributed by atoms with Crippen molar-refractivity contribution in [3.05, 3.63) is 107 Å². The topological polar surface area (TPSA) is 111 Å². The van der Waals surface area contributed by atoms with Crippen LogP contribution in [0.2, 0.25) is 0 Å². The molecule has 0 radical (unpaired) electrons. The minimum atomic E-state index is -1.04. The van der Waals surface area contributed by atoms with Crippen LogP contribution in [0.3, 0.4) is 0 Å². The second-order valence-corrected chi connectivity index (χ2v) is 9.12. The number of allylic oxidation sites excluding steroid dienone is 4. The lowest BCUT2D eigenvalue weighted by atomic mass is 9.99. The number of benzene rings is 1. The number of nitrogens with zero attached hydrogens (tertiary/aromatic N) is 4. The molecule has 0 fully saturated rings. The maximum Gasteiger partial charge on any atom is 0.201 e. The highest BCUT2D eigenvalue weighted by Crippen LogP contribution is 2.29. The minimum absolute atomic E-state index is 0.0214. The Morgan fingerprint density at radius 1 is 1.20 bits per heavy atom. The lowest BCUT2D eigenvalue weighted by Crippen LogP contribution is -2.13. The van der Waals surface area contributed by atoms with E-state index in [4.69, 9.17) is 5.41 Å². The molecule has 0 unspecified atom stereocenters. The lowest BCUT2D eigenvalue weighted by molar-refractivity contribution is 0.103. The quantitative estimate of drug-likeness (QED) is 0.177. The van der Waals surface area contributed by atoms with E-state index in [9.17, 15) is 13.6 Å². The van der Waals surface area contributed by atoms with Gasteiger partial charge in [0.2, 0.25) is 5.78 Å². The summed E-state index contributed by atoms with van der Waals surface area (Å²) in [6.45, 7) is 0.152. The van der Waals surface area contributed by atoms with Crippen LogP contribution >= 0.6 is 0 Å². The first-order valence-corrected chi connectivity index (χ1v) is 12.4. The van der Waals surface area contributed by atoms with Crippen molar-refractivity contribution in [3.8, 4) is 0 Å². The van der Waals surface area contributed by atoms with Crippen molar-refractivity contribution in [3.63, 3.8) is 0 Å². The van der Waals surface area contributed by atoms with Crippen LogP contribution in [-0.4, -0.2) is 45.5 Å². The first-order chi connectivity index (χ1) is 19.4. The molecule has 1 aliphatic carbocycles. The average Bonchev–Trinajstić information content (AvgIpc) is 3.39. The fraction of sp³-hybridized carbons (Fsp3) is 0.138. The van der Waals surface area contributed by atoms with Crippen LogP contribution < -0.4 is 10.2 Å². The van der Waals surface area contributed by atoms with Crippen LogP contribution in [-0.2, 0) is 0 Å². The summed E-state index contributed by atoms with van der Waals surface area (Å²) in [7, 11) is 1.75. The van der Waals surface area contributed by atoms with Gasteiger partial charge in [0, 0.05) is 72.9 Å². The summed E-state index contributed by atoms with van der Waals surface area (Å²) in [5, 5.41) is 11.1. The van der Waals surface area contributed by atoms with Gasteiger partial charge in [-0.1, -0.05) is 0 Å². The van der Waals surface area contributed by atoms with Gasteiger partial charge in [-0.2, -0.15) is 0 Å². The molecule has 11 heteroatoms. The fourth-order valence-corrected chi connectivity index (χ4v) is 4.39. The molecule has 1 aromatic carbocycles. The summed E-state index contributed by atoms with van der Waals surface area (Å²) < 4.78 is 43.9. The number of rotatable bonds is 9. The van der Waals surface area contributed by atoms with E-state index in [0.717, 1.165) is 17.9 Å². The molecule has 3 N–H and O–H groups in total. The number of H-pyrrole nitrogens is 1. The van der Waals surface area contributed by atoms with Crippen molar-refractivity contribution in [2.45, 2.75) is 12.8 Å². The second-order valence-electron chi connectivity index (χ2n) is 9.12. The van der Waals surface area contributed by atoms with Crippen LogP contribution in [0.25, 0.3) is 16.6 Å². The van der Waals surface area contributed by atoms with Gasteiger partial charge in [-0.15, -0.1) is 0 Å². The number of anilines is 2. The highest BCUT2D eigenvalue weighted by atomic mass is 19.1. The number of aromatic nitrogens is 4. The fourth-order valence-electron chi connectivity index (χ4n) is 4.39. The van der Waals surface area contributed by atoms with Gasteiger partial charge < -0.3 is 20.6 Å². The third-order valence-corrected chi connectivity index (χ3v) is 6.48. The molecule has 40 heavy (non-hydrogen) atoms. The monoisotopic (exact) mass is 543 g/mol. The Balaban J connectivity index is 1.46. The van der Waals surface area contributed by atoms with Gasteiger partial charge in [0.25, 0.3) is 0 Å². The van der Waals surface area contributed by atoms with E-state index in [2.05, 4.69) is 25.3 Å². The Morgan fingerprint density at radius 2 is 2.05 bits per heavy atom. The average molecular weight is 544 g/mol. The Morgan fingerprint density at radius 3 is 2.80 bits per heavy atom. The first kappa shape index (κ1) is 26.5. The van der Waals surface area contributed by atoms with Gasteiger partial charge in [-0.25, -0.2) is 23.1 Å². The molecular formula is C29H24F3N7O. The molecule has 1 aliphatic rings. The number of carbonyl (C=O) groups excluding carboxylic acids is 1. The molecule has 0 saturated heterocycles. The number of hydrogen-bond donors (Lipinski definition) is 3. The van der Waals surface area contributed by atoms with E-state index < -0.39 is 23.0 Å². The van der Waals surface area contributed by atoms with E-state index in [1.165, 1.54) is 30.6 Å². The van der Waals surface area contributed by atoms with Crippen molar-refractivity contribution in [1.29, 1.82) is 5.41 Å². The smallest absolute Gasteiger partial charge is 0.201 e. The standard InChI is InChI=1S/C29H24F3N7O/c1-39(25-15-34-7-8-35-25)16-19(11-33)18-10-21-22(14-38-29(21)37-13-18)28(40)26-23(31)5-6-24(27(26)32)36-12-17-3-2-4-20(30)9-17/h4-11,13-16,33,36H,2-3,12H2,1H3,(H,37,38). The van der Waals surface area contributed by atoms with E-state index in [1.54, 1.807) is 42.8 Å². The summed E-state index contributed by atoms with van der Waals surface area (Å²) in [5.74, 6) is -2.72. The van der Waals surface area contributed by atoms with E-state index in [-0.39, 0.29) is 23.6 Å². The number of carbonyl (C=O) groups is 1. The number of ketones is 1. The van der Waals surface area contributed by atoms with Crippen LogP contribution in [0.15, 0.2) is 78.9 Å². The number of pyridine rings is 1. The summed E-state index contributed by atoms with van der Waals surface area (Å²) >= 11 is 0. The largest absolute Gasteiger partial charge is 0.379 e. The molecule has 8 nitrogen and oxygen atoms in total. The molecule has 4 aromatic rings. The predicted octanol–water partition coefficient (Wildman–Crippen LogP) is 5.97. The number of halogens is 3. The molecule has 0 aliphatic heterocycles. The van der Waals surface area contributed by atoms with Crippen molar-refractivity contribution in [2.75, 3.05) is 23.8 Å². The molecule has 0 atom stereocenters. The molecular weight excluding hydrogens is 519 g/mol. The Hall–Kier alpha value is -5.06. The van der Waals surface area contributed by atoms with Gasteiger partial charge >= 0.3 is 0 Å². The summed E-state index contributed by atoms with van der Waals surface area (Å²) in [6, 6.07) is 3.86. The number of fused-ring (bicyclic) bond motifs is 1. The molecule has 0 amide bonds. The highest BCUT2D eigenvalue weighted by Gasteiger charge is 2.25. The maximum atomic E-state index is 15.5. The van der Waals surface area contributed by atoms with E-state index >= 15 is 4.39 Å². The summed E-state index contributed by atoms with van der Waals surface area (Å²) in [6.07, 6.45) is 14.3. The van der Waals surface area contributed by atoms with Crippen molar-refractivity contribution in [2.24, 2.45) is 0 Å². The molecule has 5 rings (SSSR count). The zero-order chi connectivity index (χ0) is 28.2. The minimum Gasteiger partial charge on any atom is -0.379 e. The van der Waals surface area contributed by atoms with Crippen LogP contribution in [0.1, 0.15) is 34.3 Å². The summed E-state index contributed by atoms with van der Waals surface area (Å²) in [5.41, 5.74) is 1.26. The van der Waals surface area contributed by atoms with Crippen LogP contribution in [0.4, 0.5) is 24.7 Å². The third-order valence-electron chi connectivity index (χ3n) is 6.48. The predicted molar refractivity (Wildman–Crippen MR) is 148 cm³/mol. The van der Waals surface area contributed by atoms with Crippen molar-refractivity contribution < 1.29 is 18.0 Å². The van der Waals surface area contributed by atoms with Crippen LogP contribution in [0, 0.1) is 17.0 Å². The van der Waals surface area contributed by atoms with Gasteiger partial charge in [-0.3, -0.25) is 9.78 Å². The van der Waals surface area contributed by atoms with Gasteiger partial charge in [0.05, 0.1) is 17.4 Å². The number of hydrogen-bond acceptors (Lipinski definition) is 7.